The highest BCUT2D eigenvalue weighted by atomic mass is 31.2. The number of carbonyl (C=O) groups excluding carboxylic acids is 2. The number of likely N-dealkylation sites (N-methyl/N-ethyl adjacent to an activating group) is 1. The molecule has 0 amide bonds. The summed E-state index contributed by atoms with van der Waals surface area (Å²) in [7, 11) is 1.15. The normalized spacial score (nSPS) is 14.4. The van der Waals surface area contributed by atoms with E-state index in [9.17, 15) is 19.0 Å². The zero-order valence-corrected chi connectivity index (χ0v) is 25.5. The summed E-state index contributed by atoms with van der Waals surface area (Å²) in [6.45, 7) is 3.77. The first-order valence-electron chi connectivity index (χ1n) is 14.4. The number of allylic oxidation sites excluding steroid dienone is 2. The van der Waals surface area contributed by atoms with E-state index in [1.807, 2.05) is 28.1 Å². The van der Waals surface area contributed by atoms with Gasteiger partial charge in [0.25, 0.3) is 7.82 Å². The molecule has 0 aliphatic rings. The maximum absolute atomic E-state index is 12.3. The largest absolute Gasteiger partial charge is 0.756 e. The molecule has 0 aliphatic carbocycles. The fourth-order valence-corrected chi connectivity index (χ4v) is 4.18. The number of ether oxygens (including phenoxy) is 2. The van der Waals surface area contributed by atoms with Crippen LogP contribution in [0.2, 0.25) is 0 Å². The molecule has 0 aliphatic heterocycles. The van der Waals surface area contributed by atoms with Crippen molar-refractivity contribution in [3.05, 3.63) is 12.2 Å². The minimum absolute atomic E-state index is 0.0322. The van der Waals surface area contributed by atoms with E-state index in [-0.39, 0.29) is 26.1 Å². The number of hydrogen-bond donors (Lipinski definition) is 0. The van der Waals surface area contributed by atoms with Crippen LogP contribution in [0.5, 0.6) is 0 Å². The van der Waals surface area contributed by atoms with E-state index in [2.05, 4.69) is 19.1 Å². The number of carbonyl (C=O) groups is 2. The van der Waals surface area contributed by atoms with Gasteiger partial charge in [-0.15, -0.1) is 0 Å². The summed E-state index contributed by atoms with van der Waals surface area (Å²) in [4.78, 5) is 36.1. The minimum atomic E-state index is -4.58. The number of hydrogen-bond acceptors (Lipinski definition) is 8. The zero-order chi connectivity index (χ0) is 28.7. The van der Waals surface area contributed by atoms with E-state index in [1.165, 1.54) is 32.1 Å². The van der Waals surface area contributed by atoms with Crippen LogP contribution in [-0.4, -0.2) is 70.0 Å². The van der Waals surface area contributed by atoms with Crippen LogP contribution in [0.4, 0.5) is 0 Å². The summed E-state index contributed by atoms with van der Waals surface area (Å²) in [6, 6.07) is 0. The molecule has 0 N–H and O–H groups in total. The number of nitrogens with zero attached hydrogens (tertiary/aromatic N) is 1. The van der Waals surface area contributed by atoms with E-state index in [0.29, 0.717) is 23.9 Å². The second-order valence-corrected chi connectivity index (χ2v) is 12.2. The third-order valence-corrected chi connectivity index (χ3v) is 6.72. The van der Waals surface area contributed by atoms with Gasteiger partial charge in [0.1, 0.15) is 19.8 Å². The van der Waals surface area contributed by atoms with E-state index in [1.54, 1.807) is 0 Å². The molecular weight excluding hydrogens is 509 g/mol. The molecule has 0 rings (SSSR count). The van der Waals surface area contributed by atoms with Gasteiger partial charge >= 0.3 is 11.9 Å². The highest BCUT2D eigenvalue weighted by Gasteiger charge is 2.21. The quantitative estimate of drug-likeness (QED) is 0.0457. The van der Waals surface area contributed by atoms with Gasteiger partial charge in [-0.3, -0.25) is 14.2 Å². The SMILES string of the molecule is CCCCCC/C=C\CCCCCCCC(=O)OC(COC(=O)CCC)COP(=O)([O-])OCC[N+](C)(C)C. The molecule has 2 atom stereocenters. The molecule has 0 aromatic carbocycles. The predicted molar refractivity (Wildman–Crippen MR) is 148 cm³/mol. The van der Waals surface area contributed by atoms with E-state index >= 15 is 0 Å². The van der Waals surface area contributed by atoms with Crippen LogP contribution in [0.25, 0.3) is 0 Å². The maximum atomic E-state index is 12.3. The number of phosphoric ester groups is 1. The Bertz CT molecular complexity index is 693. The van der Waals surface area contributed by atoms with Gasteiger partial charge in [0.2, 0.25) is 0 Å². The molecule has 0 aromatic rings. The lowest BCUT2D eigenvalue weighted by molar-refractivity contribution is -0.870. The number of esters is 2. The van der Waals surface area contributed by atoms with Crippen LogP contribution >= 0.6 is 7.82 Å². The van der Waals surface area contributed by atoms with Gasteiger partial charge in [0.05, 0.1) is 27.7 Å². The van der Waals surface area contributed by atoms with Gasteiger partial charge in [0, 0.05) is 12.8 Å². The minimum Gasteiger partial charge on any atom is -0.756 e. The van der Waals surface area contributed by atoms with E-state index < -0.39 is 32.5 Å². The molecule has 0 radical (unpaired) electrons. The molecule has 10 heteroatoms. The maximum Gasteiger partial charge on any atom is 0.306 e. The summed E-state index contributed by atoms with van der Waals surface area (Å²) in [5, 5.41) is 0. The first-order valence-corrected chi connectivity index (χ1v) is 15.9. The lowest BCUT2D eigenvalue weighted by Crippen LogP contribution is -2.37. The van der Waals surface area contributed by atoms with Crippen molar-refractivity contribution < 1.29 is 42.1 Å². The Kier molecular flexibility index (Phi) is 21.8. The molecule has 0 saturated heterocycles. The van der Waals surface area contributed by atoms with Crippen molar-refractivity contribution in [1.29, 1.82) is 0 Å². The van der Waals surface area contributed by atoms with Crippen molar-refractivity contribution in [2.45, 2.75) is 110 Å². The molecule has 0 spiro atoms. The second kappa shape index (κ2) is 22.6. The van der Waals surface area contributed by atoms with Crippen LogP contribution in [-0.2, 0) is 32.7 Å². The summed E-state index contributed by atoms with van der Waals surface area (Å²) >= 11 is 0. The monoisotopic (exact) mass is 563 g/mol. The summed E-state index contributed by atoms with van der Waals surface area (Å²) < 4.78 is 32.9. The first-order chi connectivity index (χ1) is 18.0. The molecule has 0 bridgehead atoms. The third-order valence-electron chi connectivity index (χ3n) is 5.76. The van der Waals surface area contributed by atoms with E-state index in [4.69, 9.17) is 18.5 Å². The second-order valence-electron chi connectivity index (χ2n) is 10.8. The lowest BCUT2D eigenvalue weighted by atomic mass is 10.1. The van der Waals surface area contributed by atoms with Crippen molar-refractivity contribution in [3.63, 3.8) is 0 Å². The fraction of sp³-hybridized carbons (Fsp3) is 0.857. The molecule has 9 nitrogen and oxygen atoms in total. The molecule has 38 heavy (non-hydrogen) atoms. The average Bonchev–Trinajstić information content (AvgIpc) is 2.83. The average molecular weight is 564 g/mol. The van der Waals surface area contributed by atoms with Crippen molar-refractivity contribution in [2.24, 2.45) is 0 Å². The standard InChI is InChI=1S/C28H54NO8P/c1-6-8-9-10-11-12-13-14-15-16-17-18-19-21-28(31)37-26(24-34-27(30)20-7-2)25-36-38(32,33)35-23-22-29(3,4)5/h12-13,26H,6-11,14-25H2,1-5H3/b13-12-. The van der Waals surface area contributed by atoms with Crippen molar-refractivity contribution in [1.82, 2.24) is 0 Å². The molecule has 0 fully saturated rings. The number of rotatable bonds is 25. The van der Waals surface area contributed by atoms with Crippen LogP contribution in [0.3, 0.4) is 0 Å². The van der Waals surface area contributed by atoms with Crippen LogP contribution in [0.1, 0.15) is 104 Å². The first kappa shape index (κ1) is 36.8. The smallest absolute Gasteiger partial charge is 0.306 e. The Morgan fingerprint density at radius 2 is 1.39 bits per heavy atom. The van der Waals surface area contributed by atoms with Gasteiger partial charge < -0.3 is 27.9 Å². The Hall–Kier alpha value is -1.25. The van der Waals surface area contributed by atoms with Crippen molar-refractivity contribution in [2.75, 3.05) is 47.5 Å². The van der Waals surface area contributed by atoms with Crippen molar-refractivity contribution >= 4 is 19.8 Å². The van der Waals surface area contributed by atoms with Gasteiger partial charge in [-0.1, -0.05) is 64.5 Å². The summed E-state index contributed by atoms with van der Waals surface area (Å²) in [5.74, 6) is -0.910. The number of unbranched alkanes of at least 4 members (excludes halogenated alkanes) is 9. The zero-order valence-electron chi connectivity index (χ0n) is 24.6. The molecule has 2 unspecified atom stereocenters. The highest BCUT2D eigenvalue weighted by molar-refractivity contribution is 7.45. The Morgan fingerprint density at radius 1 is 0.789 bits per heavy atom. The lowest BCUT2D eigenvalue weighted by Gasteiger charge is -2.28. The molecule has 0 saturated carbocycles. The van der Waals surface area contributed by atoms with E-state index in [0.717, 1.165) is 32.1 Å². The van der Waals surface area contributed by atoms with Gasteiger partial charge in [-0.2, -0.15) is 0 Å². The summed E-state index contributed by atoms with van der Waals surface area (Å²) in [5.41, 5.74) is 0. The van der Waals surface area contributed by atoms with Crippen molar-refractivity contribution in [3.8, 4) is 0 Å². The molecule has 0 heterocycles. The molecule has 224 valence electrons. The Morgan fingerprint density at radius 3 is 2.00 bits per heavy atom. The topological polar surface area (TPSA) is 111 Å². The Labute approximate surface area is 231 Å². The van der Waals surface area contributed by atoms with Crippen LogP contribution in [0, 0.1) is 0 Å². The highest BCUT2D eigenvalue weighted by Crippen LogP contribution is 2.38. The molecular formula is C28H54NO8P. The van der Waals surface area contributed by atoms with Gasteiger partial charge in [-0.25, -0.2) is 0 Å². The molecule has 0 aromatic heterocycles. The number of quaternary nitrogens is 1. The number of phosphoric acid groups is 1. The predicted octanol–water partition coefficient (Wildman–Crippen LogP) is 5.71. The Balaban J connectivity index is 4.30. The van der Waals surface area contributed by atoms with Gasteiger partial charge in [-0.05, 0) is 38.5 Å². The third kappa shape index (κ3) is 25.1. The fourth-order valence-electron chi connectivity index (χ4n) is 3.45. The van der Waals surface area contributed by atoms with Crippen LogP contribution < -0.4 is 4.89 Å². The van der Waals surface area contributed by atoms with Crippen LogP contribution in [0.15, 0.2) is 12.2 Å². The van der Waals surface area contributed by atoms with Gasteiger partial charge in [0.15, 0.2) is 6.10 Å². The summed E-state index contributed by atoms with van der Waals surface area (Å²) in [6.07, 6.45) is 16.9.